The number of methoxy groups -OCH3 is 1. The molecular formula is C13H21NO. The molecule has 0 amide bonds. The lowest BCUT2D eigenvalue weighted by atomic mass is 9.71. The maximum absolute atomic E-state index is 5.52. The van der Waals surface area contributed by atoms with Gasteiger partial charge in [0.1, 0.15) is 0 Å². The highest BCUT2D eigenvalue weighted by atomic mass is 16.5. The van der Waals surface area contributed by atoms with Crippen LogP contribution >= 0.6 is 0 Å². The van der Waals surface area contributed by atoms with Gasteiger partial charge < -0.3 is 10.1 Å². The molecule has 0 aromatic carbocycles. The van der Waals surface area contributed by atoms with Crippen molar-refractivity contribution in [3.8, 4) is 0 Å². The smallest absolute Gasteiger partial charge is 0.0724 e. The highest BCUT2D eigenvalue weighted by molar-refractivity contribution is 5.13. The Morgan fingerprint density at radius 1 is 1.27 bits per heavy atom. The molecule has 0 aliphatic heterocycles. The minimum absolute atomic E-state index is 0.467. The first kappa shape index (κ1) is 9.86. The van der Waals surface area contributed by atoms with E-state index in [2.05, 4.69) is 17.5 Å². The van der Waals surface area contributed by atoms with Crippen molar-refractivity contribution in [3.05, 3.63) is 12.2 Å². The third-order valence-electron chi connectivity index (χ3n) is 4.55. The van der Waals surface area contributed by atoms with E-state index in [0.29, 0.717) is 12.1 Å². The molecule has 5 atom stereocenters. The number of nitrogens with one attached hydrogen (secondary N) is 1. The van der Waals surface area contributed by atoms with Crippen LogP contribution in [0, 0.1) is 11.8 Å². The first-order chi connectivity index (χ1) is 7.38. The minimum atomic E-state index is 0.467. The fraction of sp³-hybridized carbons (Fsp3) is 0.846. The van der Waals surface area contributed by atoms with Crippen molar-refractivity contribution in [1.82, 2.24) is 5.32 Å². The first-order valence-corrected chi connectivity index (χ1v) is 6.34. The fourth-order valence-corrected chi connectivity index (χ4v) is 3.58. The highest BCUT2D eigenvalue weighted by Crippen LogP contribution is 2.43. The Hall–Kier alpha value is -0.340. The van der Waals surface area contributed by atoms with Crippen molar-refractivity contribution in [1.29, 1.82) is 0 Å². The van der Waals surface area contributed by atoms with E-state index < -0.39 is 0 Å². The molecule has 0 aromatic heterocycles. The number of fused-ring (bicyclic) bond motifs is 1. The zero-order valence-corrected chi connectivity index (χ0v) is 9.49. The van der Waals surface area contributed by atoms with E-state index in [4.69, 9.17) is 4.74 Å². The summed E-state index contributed by atoms with van der Waals surface area (Å²) in [4.78, 5) is 0. The Balaban J connectivity index is 1.55. The van der Waals surface area contributed by atoms with Gasteiger partial charge in [-0.1, -0.05) is 12.2 Å². The second-order valence-electron chi connectivity index (χ2n) is 5.32. The van der Waals surface area contributed by atoms with Crippen LogP contribution in [0.4, 0.5) is 0 Å². The molecule has 0 aromatic rings. The quantitative estimate of drug-likeness (QED) is 0.716. The number of allylic oxidation sites excluding steroid dienone is 1. The number of hydrogen-bond acceptors (Lipinski definition) is 2. The van der Waals surface area contributed by atoms with Crippen molar-refractivity contribution in [2.75, 3.05) is 7.11 Å². The van der Waals surface area contributed by atoms with Crippen LogP contribution in [0.25, 0.3) is 0 Å². The maximum atomic E-state index is 5.52. The summed E-state index contributed by atoms with van der Waals surface area (Å²) in [6.07, 6.45) is 11.8. The average Bonchev–Trinajstić information content (AvgIpc) is 2.80. The summed E-state index contributed by atoms with van der Waals surface area (Å²) in [6.45, 7) is 0. The molecule has 15 heavy (non-hydrogen) atoms. The summed E-state index contributed by atoms with van der Waals surface area (Å²) in [5.41, 5.74) is 0. The van der Waals surface area contributed by atoms with E-state index in [1.54, 1.807) is 0 Å². The van der Waals surface area contributed by atoms with Gasteiger partial charge in [0.25, 0.3) is 0 Å². The van der Waals surface area contributed by atoms with Gasteiger partial charge >= 0.3 is 0 Å². The number of rotatable bonds is 3. The van der Waals surface area contributed by atoms with Crippen LogP contribution in [0.1, 0.15) is 32.1 Å². The molecule has 2 fully saturated rings. The second-order valence-corrected chi connectivity index (χ2v) is 5.32. The van der Waals surface area contributed by atoms with Gasteiger partial charge in [0.05, 0.1) is 6.10 Å². The summed E-state index contributed by atoms with van der Waals surface area (Å²) < 4.78 is 5.52. The van der Waals surface area contributed by atoms with Crippen molar-refractivity contribution >= 4 is 0 Å². The summed E-state index contributed by atoms with van der Waals surface area (Å²) in [5, 5.41) is 3.81. The number of ether oxygens (including phenoxy) is 1. The third kappa shape index (κ3) is 1.64. The number of hydrogen-bond donors (Lipinski definition) is 1. The normalized spacial score (nSPS) is 47.9. The van der Waals surface area contributed by atoms with Crippen molar-refractivity contribution in [3.63, 3.8) is 0 Å². The molecular weight excluding hydrogens is 186 g/mol. The van der Waals surface area contributed by atoms with Crippen LogP contribution in [-0.4, -0.2) is 25.3 Å². The lowest BCUT2D eigenvalue weighted by Crippen LogP contribution is -2.53. The van der Waals surface area contributed by atoms with E-state index in [1.807, 2.05) is 7.11 Å². The Bertz CT molecular complexity index is 263. The lowest BCUT2D eigenvalue weighted by Gasteiger charge is -2.43. The van der Waals surface area contributed by atoms with E-state index >= 15 is 0 Å². The summed E-state index contributed by atoms with van der Waals surface area (Å²) in [7, 11) is 1.85. The lowest BCUT2D eigenvalue weighted by molar-refractivity contribution is 0.0616. The molecule has 5 unspecified atom stereocenters. The molecule has 0 heterocycles. The molecule has 0 radical (unpaired) electrons. The Morgan fingerprint density at radius 2 is 2.20 bits per heavy atom. The average molecular weight is 207 g/mol. The van der Waals surface area contributed by atoms with Crippen LogP contribution in [-0.2, 0) is 4.74 Å². The van der Waals surface area contributed by atoms with Crippen LogP contribution in [0.15, 0.2) is 12.2 Å². The monoisotopic (exact) mass is 207 g/mol. The van der Waals surface area contributed by atoms with Crippen molar-refractivity contribution < 1.29 is 4.74 Å². The zero-order valence-electron chi connectivity index (χ0n) is 9.49. The fourth-order valence-electron chi connectivity index (χ4n) is 3.58. The van der Waals surface area contributed by atoms with E-state index in [0.717, 1.165) is 17.9 Å². The minimum Gasteiger partial charge on any atom is -0.380 e. The van der Waals surface area contributed by atoms with Gasteiger partial charge in [-0.3, -0.25) is 0 Å². The third-order valence-corrected chi connectivity index (χ3v) is 4.55. The topological polar surface area (TPSA) is 21.3 Å². The Morgan fingerprint density at radius 3 is 3.00 bits per heavy atom. The molecule has 0 saturated heterocycles. The van der Waals surface area contributed by atoms with Crippen molar-refractivity contribution in [2.24, 2.45) is 11.8 Å². The van der Waals surface area contributed by atoms with Crippen molar-refractivity contribution in [2.45, 2.75) is 50.3 Å². The molecule has 2 nitrogen and oxygen atoms in total. The van der Waals surface area contributed by atoms with Gasteiger partial charge in [-0.25, -0.2) is 0 Å². The van der Waals surface area contributed by atoms with Gasteiger partial charge in [0.15, 0.2) is 0 Å². The molecule has 3 rings (SSSR count). The SMILES string of the molecule is COC1CCCC1NC1CC2CC=CC21. The molecule has 3 aliphatic carbocycles. The first-order valence-electron chi connectivity index (χ1n) is 6.34. The van der Waals surface area contributed by atoms with Crippen LogP contribution in [0.2, 0.25) is 0 Å². The zero-order chi connectivity index (χ0) is 10.3. The Labute approximate surface area is 92.1 Å². The molecule has 1 N–H and O–H groups in total. The molecule has 2 heteroatoms. The summed E-state index contributed by atoms with van der Waals surface area (Å²) >= 11 is 0. The van der Waals surface area contributed by atoms with E-state index in [1.165, 1.54) is 32.1 Å². The Kier molecular flexibility index (Phi) is 2.57. The standard InChI is InChI=1S/C13H21NO/c1-15-13-7-3-6-11(13)14-12-8-9-4-2-5-10(9)12/h2,5,9-14H,3-4,6-8H2,1H3. The predicted molar refractivity (Wildman–Crippen MR) is 60.7 cm³/mol. The maximum Gasteiger partial charge on any atom is 0.0724 e. The van der Waals surface area contributed by atoms with Gasteiger partial charge in [-0.05, 0) is 43.9 Å². The largest absolute Gasteiger partial charge is 0.380 e. The molecule has 0 bridgehead atoms. The molecule has 0 spiro atoms. The van der Waals surface area contributed by atoms with Gasteiger partial charge in [0.2, 0.25) is 0 Å². The molecule has 2 saturated carbocycles. The highest BCUT2D eigenvalue weighted by Gasteiger charge is 2.43. The molecule has 84 valence electrons. The van der Waals surface area contributed by atoms with Crippen LogP contribution < -0.4 is 5.32 Å². The van der Waals surface area contributed by atoms with Crippen LogP contribution in [0.5, 0.6) is 0 Å². The predicted octanol–water partition coefficient (Wildman–Crippen LogP) is 2.11. The van der Waals surface area contributed by atoms with Crippen LogP contribution in [0.3, 0.4) is 0 Å². The van der Waals surface area contributed by atoms with E-state index in [9.17, 15) is 0 Å². The van der Waals surface area contributed by atoms with E-state index in [-0.39, 0.29) is 0 Å². The van der Waals surface area contributed by atoms with Gasteiger partial charge in [-0.2, -0.15) is 0 Å². The van der Waals surface area contributed by atoms with Gasteiger partial charge in [0, 0.05) is 19.2 Å². The van der Waals surface area contributed by atoms with Gasteiger partial charge in [-0.15, -0.1) is 0 Å². The second kappa shape index (κ2) is 3.91. The molecule has 3 aliphatic rings. The summed E-state index contributed by atoms with van der Waals surface area (Å²) in [5.74, 6) is 1.80. The summed E-state index contributed by atoms with van der Waals surface area (Å²) in [6, 6.07) is 1.37.